The Kier molecular flexibility index (Phi) is 4.00. The summed E-state index contributed by atoms with van der Waals surface area (Å²) >= 11 is 0. The van der Waals surface area contributed by atoms with Gasteiger partial charge in [-0.2, -0.15) is 5.10 Å². The lowest BCUT2D eigenvalue weighted by atomic mass is 9.86. The smallest absolute Gasteiger partial charge is 0.141 e. The lowest BCUT2D eigenvalue weighted by Crippen LogP contribution is -2.20. The predicted octanol–water partition coefficient (Wildman–Crippen LogP) is 2.61. The van der Waals surface area contributed by atoms with Crippen molar-refractivity contribution in [1.82, 2.24) is 20.5 Å². The van der Waals surface area contributed by atoms with Crippen molar-refractivity contribution >= 4 is 0 Å². The molecule has 1 heterocycles. The molecule has 19 heavy (non-hydrogen) atoms. The average molecular weight is 258 g/mol. The van der Waals surface area contributed by atoms with Crippen molar-refractivity contribution in [2.24, 2.45) is 0 Å². The van der Waals surface area contributed by atoms with Crippen LogP contribution in [-0.2, 0) is 11.8 Å². The third-order valence-electron chi connectivity index (χ3n) is 3.37. The number of aromatic amines is 1. The fourth-order valence-electron chi connectivity index (χ4n) is 2.09. The number of nitrogens with zero attached hydrogens (tertiary/aromatic N) is 2. The zero-order valence-corrected chi connectivity index (χ0v) is 12.1. The molecule has 2 aromatic rings. The number of benzene rings is 1. The van der Waals surface area contributed by atoms with E-state index in [1.165, 1.54) is 11.1 Å². The molecule has 2 rings (SSSR count). The molecule has 4 heteroatoms. The van der Waals surface area contributed by atoms with E-state index in [-0.39, 0.29) is 11.5 Å². The molecule has 0 spiro atoms. The highest BCUT2D eigenvalue weighted by molar-refractivity contribution is 5.28. The summed E-state index contributed by atoms with van der Waals surface area (Å²) in [6.07, 6.45) is 2.44. The topological polar surface area (TPSA) is 53.6 Å². The monoisotopic (exact) mass is 258 g/mol. The number of hydrogen-bond acceptors (Lipinski definition) is 3. The van der Waals surface area contributed by atoms with Crippen LogP contribution in [0.5, 0.6) is 0 Å². The van der Waals surface area contributed by atoms with Crippen LogP contribution in [-0.4, -0.2) is 22.2 Å². The fourth-order valence-corrected chi connectivity index (χ4v) is 2.09. The van der Waals surface area contributed by atoms with Crippen molar-refractivity contribution in [1.29, 1.82) is 0 Å². The van der Waals surface area contributed by atoms with Crippen molar-refractivity contribution in [3.63, 3.8) is 0 Å². The summed E-state index contributed by atoms with van der Waals surface area (Å²) in [5.41, 5.74) is 2.85. The van der Waals surface area contributed by atoms with E-state index in [1.807, 2.05) is 7.05 Å². The van der Waals surface area contributed by atoms with Crippen LogP contribution in [0, 0.1) is 0 Å². The van der Waals surface area contributed by atoms with Gasteiger partial charge in [0.15, 0.2) is 0 Å². The summed E-state index contributed by atoms with van der Waals surface area (Å²) in [6, 6.07) is 8.98. The Morgan fingerprint density at radius 2 is 1.89 bits per heavy atom. The van der Waals surface area contributed by atoms with Crippen LogP contribution in [0.4, 0.5) is 0 Å². The SMILES string of the molecule is CNC(Cc1ccc(C(C)(C)C)cc1)c1ncn[nH]1. The Morgan fingerprint density at radius 1 is 1.21 bits per heavy atom. The molecule has 0 saturated heterocycles. The normalized spacial score (nSPS) is 13.5. The summed E-state index contributed by atoms with van der Waals surface area (Å²) in [5, 5.41) is 10.1. The van der Waals surface area contributed by atoms with Crippen molar-refractivity contribution in [3.8, 4) is 0 Å². The molecule has 0 aliphatic heterocycles. The Hall–Kier alpha value is -1.68. The molecule has 4 nitrogen and oxygen atoms in total. The second-order valence-corrected chi connectivity index (χ2v) is 5.86. The van der Waals surface area contributed by atoms with Gasteiger partial charge in [0, 0.05) is 0 Å². The zero-order chi connectivity index (χ0) is 13.9. The van der Waals surface area contributed by atoms with Gasteiger partial charge in [-0.3, -0.25) is 5.10 Å². The molecule has 0 aliphatic carbocycles. The first-order valence-corrected chi connectivity index (χ1v) is 6.62. The van der Waals surface area contributed by atoms with Crippen LogP contribution >= 0.6 is 0 Å². The first-order valence-electron chi connectivity index (χ1n) is 6.62. The Balaban J connectivity index is 2.11. The average Bonchev–Trinajstić information content (AvgIpc) is 2.89. The van der Waals surface area contributed by atoms with Gasteiger partial charge in [0.05, 0.1) is 6.04 Å². The molecular weight excluding hydrogens is 236 g/mol. The first kappa shape index (κ1) is 13.7. The van der Waals surface area contributed by atoms with Crippen LogP contribution in [0.15, 0.2) is 30.6 Å². The van der Waals surface area contributed by atoms with Gasteiger partial charge in [0.25, 0.3) is 0 Å². The zero-order valence-electron chi connectivity index (χ0n) is 12.1. The molecule has 102 valence electrons. The number of aromatic nitrogens is 3. The summed E-state index contributed by atoms with van der Waals surface area (Å²) in [6.45, 7) is 6.69. The minimum atomic E-state index is 0.169. The highest BCUT2D eigenvalue weighted by atomic mass is 15.2. The number of nitrogens with one attached hydrogen (secondary N) is 2. The van der Waals surface area contributed by atoms with Crippen LogP contribution in [0.3, 0.4) is 0 Å². The van der Waals surface area contributed by atoms with Gasteiger partial charge < -0.3 is 5.32 Å². The Labute approximate surface area is 114 Å². The maximum atomic E-state index is 4.21. The van der Waals surface area contributed by atoms with Crippen molar-refractivity contribution < 1.29 is 0 Å². The first-order chi connectivity index (χ1) is 9.00. The molecule has 0 aliphatic rings. The van der Waals surface area contributed by atoms with Gasteiger partial charge in [0.1, 0.15) is 12.2 Å². The van der Waals surface area contributed by atoms with Crippen LogP contribution < -0.4 is 5.32 Å². The highest BCUT2D eigenvalue weighted by Gasteiger charge is 2.15. The highest BCUT2D eigenvalue weighted by Crippen LogP contribution is 2.23. The van der Waals surface area contributed by atoms with Crippen molar-refractivity contribution in [2.45, 2.75) is 38.6 Å². The molecule has 1 unspecified atom stereocenters. The largest absolute Gasteiger partial charge is 0.310 e. The molecule has 0 fully saturated rings. The van der Waals surface area contributed by atoms with E-state index in [1.54, 1.807) is 6.33 Å². The third kappa shape index (κ3) is 3.41. The molecule has 2 N–H and O–H groups in total. The number of rotatable bonds is 4. The quantitative estimate of drug-likeness (QED) is 0.886. The molecule has 0 saturated carbocycles. The number of likely N-dealkylation sites (N-methyl/N-ethyl adjacent to an activating group) is 1. The molecule has 0 bridgehead atoms. The van der Waals surface area contributed by atoms with Gasteiger partial charge in [-0.1, -0.05) is 45.0 Å². The van der Waals surface area contributed by atoms with Gasteiger partial charge in [-0.05, 0) is 30.0 Å². The van der Waals surface area contributed by atoms with E-state index < -0.39 is 0 Å². The van der Waals surface area contributed by atoms with E-state index in [2.05, 4.69) is 65.5 Å². The van der Waals surface area contributed by atoms with E-state index in [4.69, 9.17) is 0 Å². The predicted molar refractivity (Wildman–Crippen MR) is 77.0 cm³/mol. The summed E-state index contributed by atoms with van der Waals surface area (Å²) < 4.78 is 0. The molecule has 1 aromatic carbocycles. The van der Waals surface area contributed by atoms with E-state index >= 15 is 0 Å². The molecule has 0 radical (unpaired) electrons. The van der Waals surface area contributed by atoms with Crippen LogP contribution in [0.1, 0.15) is 43.8 Å². The van der Waals surface area contributed by atoms with Crippen LogP contribution in [0.2, 0.25) is 0 Å². The maximum absolute atomic E-state index is 4.21. The van der Waals surface area contributed by atoms with E-state index in [0.717, 1.165) is 12.2 Å². The summed E-state index contributed by atoms with van der Waals surface area (Å²) in [7, 11) is 1.94. The second kappa shape index (κ2) is 5.53. The van der Waals surface area contributed by atoms with Gasteiger partial charge >= 0.3 is 0 Å². The fraction of sp³-hybridized carbons (Fsp3) is 0.467. The second-order valence-electron chi connectivity index (χ2n) is 5.86. The Morgan fingerprint density at radius 3 is 2.37 bits per heavy atom. The van der Waals surface area contributed by atoms with Crippen molar-refractivity contribution in [2.75, 3.05) is 7.05 Å². The third-order valence-corrected chi connectivity index (χ3v) is 3.37. The van der Waals surface area contributed by atoms with Crippen LogP contribution in [0.25, 0.3) is 0 Å². The van der Waals surface area contributed by atoms with Crippen molar-refractivity contribution in [3.05, 3.63) is 47.5 Å². The molecule has 0 amide bonds. The van der Waals surface area contributed by atoms with Gasteiger partial charge in [0.2, 0.25) is 0 Å². The standard InChI is InChI=1S/C15H22N4/c1-15(2,3)12-7-5-11(6-8-12)9-13(16-4)14-17-10-18-19-14/h5-8,10,13,16H,9H2,1-4H3,(H,17,18,19). The Bertz CT molecular complexity index is 494. The number of H-pyrrole nitrogens is 1. The minimum Gasteiger partial charge on any atom is -0.310 e. The molecule has 1 aromatic heterocycles. The summed E-state index contributed by atoms with van der Waals surface area (Å²) in [5.74, 6) is 0.877. The lowest BCUT2D eigenvalue weighted by Gasteiger charge is -2.20. The number of hydrogen-bond donors (Lipinski definition) is 2. The lowest BCUT2D eigenvalue weighted by molar-refractivity contribution is 0.558. The van der Waals surface area contributed by atoms with Gasteiger partial charge in [-0.15, -0.1) is 0 Å². The van der Waals surface area contributed by atoms with Gasteiger partial charge in [-0.25, -0.2) is 4.98 Å². The molecular formula is C15H22N4. The maximum Gasteiger partial charge on any atom is 0.141 e. The minimum absolute atomic E-state index is 0.169. The van der Waals surface area contributed by atoms with E-state index in [9.17, 15) is 0 Å². The van der Waals surface area contributed by atoms with E-state index in [0.29, 0.717) is 0 Å². The molecule has 1 atom stereocenters. The summed E-state index contributed by atoms with van der Waals surface area (Å²) in [4.78, 5) is 4.21.